The van der Waals surface area contributed by atoms with Gasteiger partial charge in [0.15, 0.2) is 11.5 Å². The van der Waals surface area contributed by atoms with Crippen LogP contribution in [0.3, 0.4) is 0 Å². The van der Waals surface area contributed by atoms with Crippen LogP contribution < -0.4 is 14.4 Å². The van der Waals surface area contributed by atoms with Crippen molar-refractivity contribution in [2.45, 2.75) is 13.0 Å². The highest BCUT2D eigenvalue weighted by Crippen LogP contribution is 2.31. The van der Waals surface area contributed by atoms with E-state index in [1.54, 1.807) is 41.4 Å². The molecule has 2 aromatic carbocycles. The number of anilines is 1. The number of fused-ring (bicyclic) bond motifs is 1. The van der Waals surface area contributed by atoms with Crippen molar-refractivity contribution >= 4 is 11.6 Å². The molecule has 0 unspecified atom stereocenters. The first-order chi connectivity index (χ1) is 13.7. The quantitative estimate of drug-likeness (QED) is 0.682. The smallest absolute Gasteiger partial charge is 0.258 e. The molecule has 3 aromatic rings. The average molecular weight is 378 g/mol. The van der Waals surface area contributed by atoms with Gasteiger partial charge in [0.1, 0.15) is 5.82 Å². The predicted molar refractivity (Wildman–Crippen MR) is 103 cm³/mol. The number of nitrogens with zero attached hydrogens (tertiary/aromatic N) is 2. The predicted octanol–water partition coefficient (Wildman–Crippen LogP) is 4.23. The van der Waals surface area contributed by atoms with Crippen LogP contribution in [0.15, 0.2) is 66.9 Å². The summed E-state index contributed by atoms with van der Waals surface area (Å²) >= 11 is 0. The summed E-state index contributed by atoms with van der Waals surface area (Å²) in [6.45, 7) is 1.39. The monoisotopic (exact) mass is 378 g/mol. The van der Waals surface area contributed by atoms with Gasteiger partial charge in [-0.3, -0.25) is 9.78 Å². The maximum absolute atomic E-state index is 13.4. The summed E-state index contributed by atoms with van der Waals surface area (Å²) in [6.07, 6.45) is 2.47. The number of rotatable bonds is 4. The number of aromatic nitrogens is 1. The lowest BCUT2D eigenvalue weighted by molar-refractivity contribution is 0.0984. The zero-order valence-electron chi connectivity index (χ0n) is 15.2. The zero-order chi connectivity index (χ0) is 19.3. The Morgan fingerprint density at radius 3 is 2.54 bits per heavy atom. The van der Waals surface area contributed by atoms with E-state index in [-0.39, 0.29) is 18.3 Å². The summed E-state index contributed by atoms with van der Waals surface area (Å²) in [7, 11) is 0. The minimum absolute atomic E-state index is 0.229. The topological polar surface area (TPSA) is 51.7 Å². The van der Waals surface area contributed by atoms with Crippen LogP contribution in [0.4, 0.5) is 10.1 Å². The van der Waals surface area contributed by atoms with Crippen molar-refractivity contribution in [3.8, 4) is 11.5 Å². The van der Waals surface area contributed by atoms with Gasteiger partial charge >= 0.3 is 0 Å². The largest absolute Gasteiger partial charge is 0.490 e. The van der Waals surface area contributed by atoms with Gasteiger partial charge in [0.25, 0.3) is 5.91 Å². The molecule has 0 fully saturated rings. The first kappa shape index (κ1) is 18.0. The van der Waals surface area contributed by atoms with Gasteiger partial charge in [0.05, 0.1) is 25.5 Å². The molecule has 0 radical (unpaired) electrons. The third-order valence-corrected chi connectivity index (χ3v) is 4.42. The molecule has 1 aromatic heterocycles. The van der Waals surface area contributed by atoms with Crippen LogP contribution in [0.2, 0.25) is 0 Å². The van der Waals surface area contributed by atoms with Crippen LogP contribution >= 0.6 is 0 Å². The van der Waals surface area contributed by atoms with Crippen LogP contribution in [-0.2, 0) is 6.54 Å². The molecular weight excluding hydrogens is 359 g/mol. The van der Waals surface area contributed by atoms with E-state index in [4.69, 9.17) is 9.47 Å². The van der Waals surface area contributed by atoms with Gasteiger partial charge in [-0.05, 0) is 54.6 Å². The average Bonchev–Trinajstić information content (AvgIpc) is 2.98. The lowest BCUT2D eigenvalue weighted by Crippen LogP contribution is -2.30. The minimum Gasteiger partial charge on any atom is -0.490 e. The SMILES string of the molecule is O=C(c1ccc2c(c1)OCCCO2)N(Cc1ccccn1)c1ccc(F)cc1. The van der Waals surface area contributed by atoms with Gasteiger partial charge in [0.2, 0.25) is 0 Å². The maximum Gasteiger partial charge on any atom is 0.258 e. The molecule has 2 heterocycles. The Labute approximate surface area is 162 Å². The fraction of sp³-hybridized carbons (Fsp3) is 0.182. The van der Waals surface area contributed by atoms with Crippen molar-refractivity contribution in [1.82, 2.24) is 4.98 Å². The second kappa shape index (κ2) is 8.08. The van der Waals surface area contributed by atoms with Crippen LogP contribution in [0.1, 0.15) is 22.5 Å². The molecule has 0 bridgehead atoms. The molecule has 0 saturated heterocycles. The maximum atomic E-state index is 13.4. The molecule has 142 valence electrons. The Morgan fingerprint density at radius 2 is 1.79 bits per heavy atom. The number of halogens is 1. The van der Waals surface area contributed by atoms with Crippen LogP contribution in [-0.4, -0.2) is 24.1 Å². The molecule has 6 heteroatoms. The van der Waals surface area contributed by atoms with E-state index < -0.39 is 0 Å². The number of benzene rings is 2. The number of ether oxygens (including phenoxy) is 2. The van der Waals surface area contributed by atoms with Gasteiger partial charge in [-0.15, -0.1) is 0 Å². The normalized spacial score (nSPS) is 12.9. The molecule has 4 rings (SSSR count). The van der Waals surface area contributed by atoms with E-state index in [1.165, 1.54) is 12.1 Å². The number of hydrogen-bond donors (Lipinski definition) is 0. The Balaban J connectivity index is 1.68. The van der Waals surface area contributed by atoms with E-state index in [2.05, 4.69) is 4.98 Å². The Morgan fingerprint density at radius 1 is 1.00 bits per heavy atom. The van der Waals surface area contributed by atoms with Crippen molar-refractivity contribution in [1.29, 1.82) is 0 Å². The molecule has 0 aliphatic carbocycles. The van der Waals surface area contributed by atoms with Crippen molar-refractivity contribution in [3.05, 3.63) is 83.9 Å². The fourth-order valence-corrected chi connectivity index (χ4v) is 3.01. The second-order valence-corrected chi connectivity index (χ2v) is 6.40. The molecule has 0 spiro atoms. The molecule has 1 aliphatic heterocycles. The lowest BCUT2D eigenvalue weighted by atomic mass is 10.1. The van der Waals surface area contributed by atoms with Crippen molar-refractivity contribution in [2.75, 3.05) is 18.1 Å². The van der Waals surface area contributed by atoms with Crippen molar-refractivity contribution < 1.29 is 18.7 Å². The molecule has 0 atom stereocenters. The Hall–Kier alpha value is -3.41. The first-order valence-electron chi connectivity index (χ1n) is 9.08. The van der Waals surface area contributed by atoms with E-state index in [9.17, 15) is 9.18 Å². The molecule has 28 heavy (non-hydrogen) atoms. The number of pyridine rings is 1. The van der Waals surface area contributed by atoms with E-state index >= 15 is 0 Å². The lowest BCUT2D eigenvalue weighted by Gasteiger charge is -2.23. The third-order valence-electron chi connectivity index (χ3n) is 4.42. The molecule has 5 nitrogen and oxygen atoms in total. The van der Waals surface area contributed by atoms with E-state index in [0.29, 0.717) is 36.0 Å². The molecular formula is C22H19FN2O3. The summed E-state index contributed by atoms with van der Waals surface area (Å²) in [4.78, 5) is 19.2. The highest BCUT2D eigenvalue weighted by Gasteiger charge is 2.21. The number of carbonyl (C=O) groups excluding carboxylic acids is 1. The number of carbonyl (C=O) groups is 1. The van der Waals surface area contributed by atoms with Crippen LogP contribution in [0, 0.1) is 5.82 Å². The molecule has 1 amide bonds. The Kier molecular flexibility index (Phi) is 5.19. The molecule has 0 saturated carbocycles. The van der Waals surface area contributed by atoms with E-state index in [1.807, 2.05) is 18.2 Å². The van der Waals surface area contributed by atoms with Crippen LogP contribution in [0.5, 0.6) is 11.5 Å². The number of hydrogen-bond acceptors (Lipinski definition) is 4. The summed E-state index contributed by atoms with van der Waals surface area (Å²) in [6, 6.07) is 16.5. The number of amides is 1. The summed E-state index contributed by atoms with van der Waals surface area (Å²) in [5.74, 6) is 0.602. The second-order valence-electron chi connectivity index (χ2n) is 6.40. The fourth-order valence-electron chi connectivity index (χ4n) is 3.01. The zero-order valence-corrected chi connectivity index (χ0v) is 15.2. The van der Waals surface area contributed by atoms with Gasteiger partial charge < -0.3 is 14.4 Å². The first-order valence-corrected chi connectivity index (χ1v) is 9.08. The van der Waals surface area contributed by atoms with Crippen molar-refractivity contribution in [3.63, 3.8) is 0 Å². The van der Waals surface area contributed by atoms with Gasteiger partial charge in [-0.2, -0.15) is 0 Å². The highest BCUT2D eigenvalue weighted by molar-refractivity contribution is 6.06. The summed E-state index contributed by atoms with van der Waals surface area (Å²) < 4.78 is 24.7. The van der Waals surface area contributed by atoms with Gasteiger partial charge in [0, 0.05) is 23.9 Å². The van der Waals surface area contributed by atoms with Gasteiger partial charge in [-0.25, -0.2) is 4.39 Å². The molecule has 1 aliphatic rings. The standard InChI is InChI=1S/C22H19FN2O3/c23-17-6-8-19(9-7-17)25(15-18-4-1-2-11-24-18)22(26)16-5-10-20-21(14-16)28-13-3-12-27-20/h1-2,4-11,14H,3,12-13,15H2. The highest BCUT2D eigenvalue weighted by atomic mass is 19.1. The van der Waals surface area contributed by atoms with E-state index in [0.717, 1.165) is 12.1 Å². The third kappa shape index (κ3) is 3.96. The molecule has 0 N–H and O–H groups in total. The summed E-state index contributed by atoms with van der Waals surface area (Å²) in [5.41, 5.74) is 1.78. The van der Waals surface area contributed by atoms with Gasteiger partial charge in [-0.1, -0.05) is 6.07 Å². The van der Waals surface area contributed by atoms with Crippen molar-refractivity contribution in [2.24, 2.45) is 0 Å². The summed E-state index contributed by atoms with van der Waals surface area (Å²) in [5, 5.41) is 0. The minimum atomic E-state index is -0.357. The van der Waals surface area contributed by atoms with Crippen LogP contribution in [0.25, 0.3) is 0 Å². The Bertz CT molecular complexity index is 961.